The van der Waals surface area contributed by atoms with Gasteiger partial charge in [0.05, 0.1) is 29.3 Å². The molecule has 2 aromatic carbocycles. The van der Waals surface area contributed by atoms with Crippen molar-refractivity contribution >= 4 is 58.4 Å². The van der Waals surface area contributed by atoms with Crippen LogP contribution in [0.5, 0.6) is 5.75 Å². The summed E-state index contributed by atoms with van der Waals surface area (Å²) in [6, 6.07) is 8.60. The van der Waals surface area contributed by atoms with E-state index in [1.165, 1.54) is 11.3 Å². The Bertz CT molecular complexity index is 1680. The lowest BCUT2D eigenvalue weighted by atomic mass is 10.0. The molecule has 1 saturated heterocycles. The van der Waals surface area contributed by atoms with E-state index in [1.54, 1.807) is 45.1 Å². The molecule has 0 spiro atoms. The van der Waals surface area contributed by atoms with Crippen LogP contribution in [0.3, 0.4) is 0 Å². The van der Waals surface area contributed by atoms with Crippen molar-refractivity contribution in [1.82, 2.24) is 24.8 Å². The van der Waals surface area contributed by atoms with Crippen LogP contribution in [-0.4, -0.2) is 78.5 Å². The van der Waals surface area contributed by atoms with E-state index >= 15 is 0 Å². The first-order valence-corrected chi connectivity index (χ1v) is 17.2. The Labute approximate surface area is 254 Å². The molecule has 0 atom stereocenters. The van der Waals surface area contributed by atoms with Gasteiger partial charge in [-0.05, 0) is 70.5 Å². The van der Waals surface area contributed by atoms with Gasteiger partial charge in [-0.15, -0.1) is 0 Å². The third-order valence-electron chi connectivity index (χ3n) is 8.01. The van der Waals surface area contributed by atoms with Gasteiger partial charge in [-0.3, -0.25) is 9.97 Å². The minimum atomic E-state index is -2.75. The summed E-state index contributed by atoms with van der Waals surface area (Å²) in [4.78, 5) is 23.0. The topological polar surface area (TPSA) is 108 Å². The first-order valence-electron chi connectivity index (χ1n) is 14.6. The number of nitrogens with zero attached hydrogens (tertiary/aromatic N) is 6. The molecule has 226 valence electrons. The lowest BCUT2D eigenvalue weighted by molar-refractivity contribution is 0.249. The predicted molar refractivity (Wildman–Crippen MR) is 179 cm³/mol. The summed E-state index contributed by atoms with van der Waals surface area (Å²) in [5, 5.41) is 7.39. The monoisotopic (exact) mass is 600 g/mol. The van der Waals surface area contributed by atoms with Crippen molar-refractivity contribution < 1.29 is 9.30 Å². The molecular formula is C32H41N8O2P. The number of aromatic nitrogens is 4. The second-order valence-corrected chi connectivity index (χ2v) is 14.6. The number of hydrogen-bond acceptors (Lipinski definition) is 10. The largest absolute Gasteiger partial charge is 0.494 e. The smallest absolute Gasteiger partial charge is 0.229 e. The highest BCUT2D eigenvalue weighted by Crippen LogP contribution is 2.41. The highest BCUT2D eigenvalue weighted by atomic mass is 31.2. The molecule has 1 fully saturated rings. The molecule has 0 unspecified atom stereocenters. The molecular weight excluding hydrogens is 559 g/mol. The molecule has 0 aliphatic carbocycles. The van der Waals surface area contributed by atoms with Gasteiger partial charge in [0.25, 0.3) is 0 Å². The second kappa shape index (κ2) is 12.7. The van der Waals surface area contributed by atoms with Crippen LogP contribution in [0.4, 0.5) is 28.8 Å². The zero-order chi connectivity index (χ0) is 30.7. The van der Waals surface area contributed by atoms with Crippen LogP contribution in [-0.2, 0) is 11.0 Å². The van der Waals surface area contributed by atoms with E-state index in [0.29, 0.717) is 45.4 Å². The lowest BCUT2D eigenvalue weighted by Crippen LogP contribution is -2.42. The van der Waals surface area contributed by atoms with E-state index in [4.69, 9.17) is 9.72 Å². The van der Waals surface area contributed by atoms with Crippen molar-refractivity contribution in [2.45, 2.75) is 32.2 Å². The molecule has 1 aliphatic heterocycles. The number of benzene rings is 2. The molecule has 11 heteroatoms. The van der Waals surface area contributed by atoms with E-state index in [1.807, 2.05) is 12.1 Å². The van der Waals surface area contributed by atoms with Crippen molar-refractivity contribution in [3.8, 4) is 5.75 Å². The Morgan fingerprint density at radius 3 is 2.49 bits per heavy atom. The number of methoxy groups -OCH3 is 1. The second-order valence-electron chi connectivity index (χ2n) is 11.4. The Morgan fingerprint density at radius 2 is 1.84 bits per heavy atom. The fourth-order valence-electron chi connectivity index (χ4n) is 5.70. The quantitative estimate of drug-likeness (QED) is 0.214. The SMILES string of the molecule is C=Cc1cnc(Nc2cc(CC)c(N3CCC(N(C)C)CC3)cc2OC)nc1Nc1ccc2nccnc2c1P(C)(C)=O. The maximum atomic E-state index is 13.4. The van der Waals surface area contributed by atoms with Gasteiger partial charge in [0.1, 0.15) is 24.2 Å². The number of hydrogen-bond donors (Lipinski definition) is 2. The molecule has 0 saturated carbocycles. The van der Waals surface area contributed by atoms with Crippen LogP contribution in [0.15, 0.2) is 49.4 Å². The van der Waals surface area contributed by atoms with Gasteiger partial charge < -0.3 is 29.7 Å². The number of rotatable bonds is 10. The molecule has 3 heterocycles. The Hall–Kier alpha value is -4.01. The van der Waals surface area contributed by atoms with E-state index < -0.39 is 7.14 Å². The van der Waals surface area contributed by atoms with Gasteiger partial charge >= 0.3 is 0 Å². The normalized spacial score (nSPS) is 14.3. The summed E-state index contributed by atoms with van der Waals surface area (Å²) in [7, 11) is 3.26. The molecule has 1 aliphatic rings. The average molecular weight is 601 g/mol. The minimum absolute atomic E-state index is 0.395. The van der Waals surface area contributed by atoms with Crippen LogP contribution < -0.4 is 25.6 Å². The van der Waals surface area contributed by atoms with Crippen LogP contribution in [0.2, 0.25) is 0 Å². The summed E-state index contributed by atoms with van der Waals surface area (Å²) in [6.45, 7) is 11.6. The third-order valence-corrected chi connectivity index (χ3v) is 9.54. The maximum Gasteiger partial charge on any atom is 0.229 e. The van der Waals surface area contributed by atoms with Crippen LogP contribution in [0, 0.1) is 0 Å². The maximum absolute atomic E-state index is 13.4. The Morgan fingerprint density at radius 1 is 1.09 bits per heavy atom. The third kappa shape index (κ3) is 6.50. The van der Waals surface area contributed by atoms with Gasteiger partial charge in [-0.1, -0.05) is 19.6 Å². The number of piperidine rings is 1. The Balaban J connectivity index is 1.47. The Kier molecular flexibility index (Phi) is 8.99. The predicted octanol–water partition coefficient (Wildman–Crippen LogP) is 5.90. The molecule has 5 rings (SSSR count). The van der Waals surface area contributed by atoms with Gasteiger partial charge in [0, 0.05) is 55.0 Å². The fraction of sp³-hybridized carbons (Fsp3) is 0.375. The number of aryl methyl sites for hydroxylation is 1. The van der Waals surface area contributed by atoms with E-state index in [9.17, 15) is 4.57 Å². The number of nitrogens with one attached hydrogen (secondary N) is 2. The van der Waals surface area contributed by atoms with E-state index in [2.05, 4.69) is 75.1 Å². The first kappa shape index (κ1) is 30.4. The van der Waals surface area contributed by atoms with Crippen LogP contribution in [0.1, 0.15) is 30.9 Å². The van der Waals surface area contributed by atoms with Crippen LogP contribution in [0.25, 0.3) is 17.1 Å². The van der Waals surface area contributed by atoms with Gasteiger partial charge in [-0.25, -0.2) is 4.98 Å². The summed E-state index contributed by atoms with van der Waals surface area (Å²) >= 11 is 0. The van der Waals surface area contributed by atoms with Gasteiger partial charge in [-0.2, -0.15) is 4.98 Å². The van der Waals surface area contributed by atoms with Gasteiger partial charge in [0.15, 0.2) is 0 Å². The van der Waals surface area contributed by atoms with E-state index in [0.717, 1.165) is 43.8 Å². The zero-order valence-electron chi connectivity index (χ0n) is 25.9. The average Bonchev–Trinajstić information content (AvgIpc) is 3.00. The minimum Gasteiger partial charge on any atom is -0.494 e. The molecule has 0 radical (unpaired) electrons. The number of ether oxygens (including phenoxy) is 1. The van der Waals surface area contributed by atoms with Crippen molar-refractivity contribution in [1.29, 1.82) is 0 Å². The molecule has 2 N–H and O–H groups in total. The summed E-state index contributed by atoms with van der Waals surface area (Å²) in [5.41, 5.74) is 5.88. The van der Waals surface area contributed by atoms with Crippen molar-refractivity contribution in [3.63, 3.8) is 0 Å². The molecule has 0 amide bonds. The summed E-state index contributed by atoms with van der Waals surface area (Å²) in [6.07, 6.45) is 9.79. The molecule has 10 nitrogen and oxygen atoms in total. The lowest BCUT2D eigenvalue weighted by Gasteiger charge is -2.37. The van der Waals surface area contributed by atoms with Crippen LogP contribution >= 0.6 is 7.14 Å². The van der Waals surface area contributed by atoms with Crippen molar-refractivity contribution in [3.05, 3.63) is 60.6 Å². The molecule has 2 aromatic heterocycles. The van der Waals surface area contributed by atoms with E-state index in [-0.39, 0.29) is 0 Å². The summed E-state index contributed by atoms with van der Waals surface area (Å²) < 4.78 is 19.3. The molecule has 4 aromatic rings. The van der Waals surface area contributed by atoms with Crippen molar-refractivity contribution in [2.75, 3.05) is 63.2 Å². The molecule has 0 bridgehead atoms. The fourth-order valence-corrected chi connectivity index (χ4v) is 7.09. The zero-order valence-corrected chi connectivity index (χ0v) is 26.8. The summed E-state index contributed by atoms with van der Waals surface area (Å²) in [5.74, 6) is 1.65. The highest BCUT2D eigenvalue weighted by Gasteiger charge is 2.25. The number of fused-ring (bicyclic) bond motifs is 1. The standard InChI is InChI=1S/C32H41N8O2P/c1-8-21-18-26(28(42-5)19-27(21)40-16-12-23(13-17-40)39(3)4)37-32-35-20-22(9-2)31(38-32)36-25-11-10-24-29(34-15-14-33-24)30(25)43(6,7)41/h9-11,14-15,18-20,23H,2,8,12-13,16-17H2,1,3-7H3,(H2,35,36,37,38). The van der Waals surface area contributed by atoms with Gasteiger partial charge in [0.2, 0.25) is 5.95 Å². The highest BCUT2D eigenvalue weighted by molar-refractivity contribution is 7.71. The molecule has 43 heavy (non-hydrogen) atoms. The number of anilines is 5. The van der Waals surface area contributed by atoms with Crippen molar-refractivity contribution in [2.24, 2.45) is 0 Å². The first-order chi connectivity index (χ1) is 20.6.